The Labute approximate surface area is 244 Å². The van der Waals surface area contributed by atoms with Gasteiger partial charge in [-0.15, -0.1) is 0 Å². The van der Waals surface area contributed by atoms with Crippen molar-refractivity contribution in [3.8, 4) is 0 Å². The fourth-order valence-corrected chi connectivity index (χ4v) is 5.09. The largest absolute Gasteiger partial charge is 0.393 e. The van der Waals surface area contributed by atoms with Crippen molar-refractivity contribution in [2.45, 2.75) is 32.4 Å². The minimum Gasteiger partial charge on any atom is -0.393 e. The van der Waals surface area contributed by atoms with Gasteiger partial charge in [-0.05, 0) is 67.8 Å². The zero-order valence-corrected chi connectivity index (χ0v) is 23.7. The minimum absolute atomic E-state index is 0.209. The van der Waals surface area contributed by atoms with Crippen molar-refractivity contribution >= 4 is 46.1 Å². The third-order valence-electron chi connectivity index (χ3n) is 7.32. The van der Waals surface area contributed by atoms with Crippen LogP contribution in [0.5, 0.6) is 0 Å². The van der Waals surface area contributed by atoms with Gasteiger partial charge in [0.25, 0.3) is 5.91 Å². The molecular formula is C31H35N7O4. The Morgan fingerprint density at radius 2 is 1.74 bits per heavy atom. The summed E-state index contributed by atoms with van der Waals surface area (Å²) in [5, 5.41) is 18.8. The Morgan fingerprint density at radius 1 is 1.00 bits per heavy atom. The number of likely N-dealkylation sites (tertiary alicyclic amines) is 1. The van der Waals surface area contributed by atoms with Crippen LogP contribution >= 0.6 is 0 Å². The number of hydrogen-bond donors (Lipinski definition) is 4. The predicted molar refractivity (Wildman–Crippen MR) is 162 cm³/mol. The first-order valence-electron chi connectivity index (χ1n) is 14.0. The number of aliphatic hydroxyl groups excluding tert-OH is 1. The van der Waals surface area contributed by atoms with E-state index >= 15 is 0 Å². The normalized spacial score (nSPS) is 14.0. The van der Waals surface area contributed by atoms with E-state index in [1.54, 1.807) is 49.6 Å². The molecule has 0 spiro atoms. The Balaban J connectivity index is 1.33. The van der Waals surface area contributed by atoms with Gasteiger partial charge in [0.1, 0.15) is 5.82 Å². The third kappa shape index (κ3) is 6.42. The lowest BCUT2D eigenvalue weighted by Gasteiger charge is -2.29. The van der Waals surface area contributed by atoms with Crippen LogP contribution in [0.3, 0.4) is 0 Å². The molecule has 218 valence electrons. The Kier molecular flexibility index (Phi) is 8.80. The highest BCUT2D eigenvalue weighted by atomic mass is 16.3. The number of rotatable bonds is 7. The second-order valence-corrected chi connectivity index (χ2v) is 10.2. The summed E-state index contributed by atoms with van der Waals surface area (Å²) in [7, 11) is 1.57. The average molecular weight is 570 g/mol. The van der Waals surface area contributed by atoms with Gasteiger partial charge >= 0.3 is 12.1 Å². The van der Waals surface area contributed by atoms with Gasteiger partial charge in [0.2, 0.25) is 0 Å². The Bertz CT molecular complexity index is 1580. The second-order valence-electron chi connectivity index (χ2n) is 10.2. The number of amides is 4. The first-order valence-corrected chi connectivity index (χ1v) is 14.0. The van der Waals surface area contributed by atoms with Gasteiger partial charge in [0.05, 0.1) is 23.0 Å². The van der Waals surface area contributed by atoms with Crippen LogP contribution in [0.1, 0.15) is 35.7 Å². The zero-order valence-electron chi connectivity index (χ0n) is 23.7. The summed E-state index contributed by atoms with van der Waals surface area (Å²) in [5.41, 5.74) is 3.40. The van der Waals surface area contributed by atoms with Crippen molar-refractivity contribution in [1.82, 2.24) is 25.1 Å². The summed E-state index contributed by atoms with van der Waals surface area (Å²) in [6.45, 7) is 4.75. The van der Waals surface area contributed by atoms with Gasteiger partial charge in [-0.25, -0.2) is 14.6 Å². The van der Waals surface area contributed by atoms with Crippen LogP contribution in [-0.4, -0.2) is 70.3 Å². The lowest BCUT2D eigenvalue weighted by atomic mass is 10.1. The summed E-state index contributed by atoms with van der Waals surface area (Å²) >= 11 is 0. The number of carbonyl (C=O) groups is 3. The number of anilines is 3. The standard InChI is InChI=1S/C31H35N7O4/c1-3-33-31(42)38(24-8-9-27-23(18-24)11-17-37(27)30(41)32-2)25-10-14-34-28(19-25)35-29(40)22-6-4-21(5-7-22)20-36-15-12-26(39)13-16-36/h4-11,14,17-19,26,39H,3,12-13,15-16,20H2,1-2H3,(H,32,41)(H,33,42)(H,34,35,40). The molecule has 4 N–H and O–H groups in total. The van der Waals surface area contributed by atoms with E-state index in [2.05, 4.69) is 25.8 Å². The quantitative estimate of drug-likeness (QED) is 0.262. The molecule has 2 aromatic heterocycles. The van der Waals surface area contributed by atoms with Crippen molar-refractivity contribution in [3.63, 3.8) is 0 Å². The lowest BCUT2D eigenvalue weighted by molar-refractivity contribution is 0.0792. The summed E-state index contributed by atoms with van der Waals surface area (Å²) in [6, 6.07) is 17.4. The van der Waals surface area contributed by atoms with Gasteiger partial charge in [-0.3, -0.25) is 19.2 Å². The van der Waals surface area contributed by atoms with Crippen molar-refractivity contribution < 1.29 is 19.5 Å². The maximum Gasteiger partial charge on any atom is 0.326 e. The predicted octanol–water partition coefficient (Wildman–Crippen LogP) is 4.30. The number of aromatic nitrogens is 2. The number of nitrogens with zero attached hydrogens (tertiary/aromatic N) is 4. The van der Waals surface area contributed by atoms with E-state index in [1.165, 1.54) is 15.7 Å². The summed E-state index contributed by atoms with van der Waals surface area (Å²) in [5.74, 6) is -0.0107. The lowest BCUT2D eigenvalue weighted by Crippen LogP contribution is -2.36. The average Bonchev–Trinajstić information content (AvgIpc) is 3.42. The fraction of sp³-hybridized carbons (Fsp3) is 0.290. The first kappa shape index (κ1) is 28.8. The number of hydrogen-bond acceptors (Lipinski definition) is 6. The van der Waals surface area contributed by atoms with Crippen molar-refractivity contribution in [2.75, 3.05) is 36.9 Å². The zero-order chi connectivity index (χ0) is 29.6. The van der Waals surface area contributed by atoms with Crippen LogP contribution in [0, 0.1) is 0 Å². The maximum absolute atomic E-state index is 13.2. The maximum atomic E-state index is 13.2. The highest BCUT2D eigenvalue weighted by Crippen LogP contribution is 2.30. The van der Waals surface area contributed by atoms with Crippen LogP contribution in [0.4, 0.5) is 26.8 Å². The number of pyridine rings is 1. The molecule has 1 aliphatic rings. The highest BCUT2D eigenvalue weighted by Gasteiger charge is 2.21. The molecule has 42 heavy (non-hydrogen) atoms. The molecule has 11 nitrogen and oxygen atoms in total. The van der Waals surface area contributed by atoms with E-state index in [1.807, 2.05) is 31.2 Å². The number of fused-ring (bicyclic) bond motifs is 1. The minimum atomic E-state index is -0.343. The molecule has 4 aromatic rings. The van der Waals surface area contributed by atoms with Crippen LogP contribution in [0.2, 0.25) is 0 Å². The number of nitrogens with one attached hydrogen (secondary N) is 3. The van der Waals surface area contributed by atoms with Gasteiger partial charge in [-0.2, -0.15) is 0 Å². The smallest absolute Gasteiger partial charge is 0.326 e. The van der Waals surface area contributed by atoms with Gasteiger partial charge < -0.3 is 21.1 Å². The molecule has 0 saturated carbocycles. The van der Waals surface area contributed by atoms with E-state index in [-0.39, 0.29) is 24.1 Å². The molecular weight excluding hydrogens is 534 g/mol. The molecule has 1 aliphatic heterocycles. The van der Waals surface area contributed by atoms with Gasteiger partial charge in [-0.1, -0.05) is 12.1 Å². The second kappa shape index (κ2) is 12.8. The van der Waals surface area contributed by atoms with Crippen molar-refractivity contribution in [1.29, 1.82) is 0 Å². The number of benzene rings is 2. The van der Waals surface area contributed by atoms with Crippen molar-refractivity contribution in [2.24, 2.45) is 0 Å². The molecule has 1 saturated heterocycles. The molecule has 2 aromatic carbocycles. The van der Waals surface area contributed by atoms with Crippen LogP contribution in [0.15, 0.2) is 73.1 Å². The van der Waals surface area contributed by atoms with E-state index < -0.39 is 0 Å². The number of carbonyl (C=O) groups excluding carboxylic acids is 3. The molecule has 3 heterocycles. The molecule has 0 bridgehead atoms. The van der Waals surface area contributed by atoms with Crippen LogP contribution in [0.25, 0.3) is 10.9 Å². The molecule has 1 fully saturated rings. The molecule has 0 aliphatic carbocycles. The van der Waals surface area contributed by atoms with Crippen molar-refractivity contribution in [3.05, 3.63) is 84.2 Å². The molecule has 5 rings (SSSR count). The number of aliphatic hydroxyl groups is 1. The SMILES string of the molecule is CCNC(=O)N(c1ccnc(NC(=O)c2ccc(CN3CCC(O)CC3)cc2)c1)c1ccc2c(ccn2C(=O)NC)c1. The molecule has 0 unspecified atom stereocenters. The Morgan fingerprint density at radius 3 is 2.45 bits per heavy atom. The fourth-order valence-electron chi connectivity index (χ4n) is 5.09. The van der Waals surface area contributed by atoms with E-state index in [4.69, 9.17) is 0 Å². The Hall–Kier alpha value is -4.74. The van der Waals surface area contributed by atoms with Crippen LogP contribution in [-0.2, 0) is 6.54 Å². The molecule has 0 radical (unpaired) electrons. The summed E-state index contributed by atoms with van der Waals surface area (Å²) in [6.07, 6.45) is 4.57. The van der Waals surface area contributed by atoms with Gasteiger partial charge in [0.15, 0.2) is 0 Å². The van der Waals surface area contributed by atoms with E-state index in [0.717, 1.165) is 43.4 Å². The number of urea groups is 1. The first-order chi connectivity index (χ1) is 20.4. The number of piperidine rings is 1. The summed E-state index contributed by atoms with van der Waals surface area (Å²) < 4.78 is 1.50. The van der Waals surface area contributed by atoms with E-state index in [0.29, 0.717) is 34.8 Å². The summed E-state index contributed by atoms with van der Waals surface area (Å²) in [4.78, 5) is 46.6. The van der Waals surface area contributed by atoms with Crippen LogP contribution < -0.4 is 20.9 Å². The third-order valence-corrected chi connectivity index (χ3v) is 7.32. The molecule has 11 heteroatoms. The van der Waals surface area contributed by atoms with E-state index in [9.17, 15) is 19.5 Å². The molecule has 4 amide bonds. The topological polar surface area (TPSA) is 132 Å². The van der Waals surface area contributed by atoms with Gasteiger partial charge in [0, 0.05) is 62.6 Å². The molecule has 0 atom stereocenters. The monoisotopic (exact) mass is 569 g/mol. The highest BCUT2D eigenvalue weighted by molar-refractivity contribution is 6.05.